The number of benzene rings is 2. The van der Waals surface area contributed by atoms with E-state index in [2.05, 4.69) is 44.5 Å². The molecule has 2 aromatic carbocycles. The molecule has 5 nitrogen and oxygen atoms in total. The highest BCUT2D eigenvalue weighted by atomic mass is 32.1. The minimum absolute atomic E-state index is 0.143. The zero-order valence-corrected chi connectivity index (χ0v) is 16.7. The van der Waals surface area contributed by atoms with Gasteiger partial charge in [0.05, 0.1) is 16.8 Å². The molecule has 0 unspecified atom stereocenters. The van der Waals surface area contributed by atoms with Gasteiger partial charge in [-0.3, -0.25) is 20.0 Å². The van der Waals surface area contributed by atoms with E-state index in [4.69, 9.17) is 0 Å². The molecule has 1 aliphatic heterocycles. The van der Waals surface area contributed by atoms with Crippen LogP contribution in [0.2, 0.25) is 0 Å². The first-order valence-corrected chi connectivity index (χ1v) is 10.5. The monoisotopic (exact) mass is 400 g/mol. The van der Waals surface area contributed by atoms with Gasteiger partial charge in [-0.15, -0.1) is 11.3 Å². The third kappa shape index (κ3) is 3.77. The van der Waals surface area contributed by atoms with Crippen LogP contribution in [0.5, 0.6) is 0 Å². The van der Waals surface area contributed by atoms with Gasteiger partial charge in [0.25, 0.3) is 5.91 Å². The van der Waals surface area contributed by atoms with E-state index in [1.54, 1.807) is 23.6 Å². The summed E-state index contributed by atoms with van der Waals surface area (Å²) in [5.41, 5.74) is 3.86. The first kappa shape index (κ1) is 18.0. The Balaban J connectivity index is 1.32. The van der Waals surface area contributed by atoms with Crippen LogP contribution in [0.25, 0.3) is 10.9 Å². The van der Waals surface area contributed by atoms with Gasteiger partial charge >= 0.3 is 0 Å². The van der Waals surface area contributed by atoms with Gasteiger partial charge in [0, 0.05) is 42.5 Å². The molecule has 1 aliphatic rings. The van der Waals surface area contributed by atoms with Crippen molar-refractivity contribution in [2.24, 2.45) is 0 Å². The fraction of sp³-hybridized carbons (Fsp3) is 0.174. The highest BCUT2D eigenvalue weighted by Gasteiger charge is 2.22. The zero-order chi connectivity index (χ0) is 19.6. The number of amides is 1. The number of thiazole rings is 1. The van der Waals surface area contributed by atoms with Crippen molar-refractivity contribution in [2.75, 3.05) is 11.9 Å². The molecule has 0 saturated heterocycles. The second-order valence-corrected chi connectivity index (χ2v) is 8.25. The molecule has 0 bridgehead atoms. The van der Waals surface area contributed by atoms with E-state index in [1.165, 1.54) is 10.4 Å². The molecule has 0 saturated carbocycles. The number of rotatable bonds is 4. The van der Waals surface area contributed by atoms with Crippen molar-refractivity contribution in [3.05, 3.63) is 88.6 Å². The minimum atomic E-state index is -0.143. The number of fused-ring (bicyclic) bond motifs is 2. The van der Waals surface area contributed by atoms with E-state index in [0.29, 0.717) is 10.7 Å². The number of nitrogens with zero attached hydrogens (tertiary/aromatic N) is 3. The molecule has 6 heteroatoms. The van der Waals surface area contributed by atoms with E-state index in [0.717, 1.165) is 42.7 Å². The summed E-state index contributed by atoms with van der Waals surface area (Å²) in [6.07, 6.45) is 2.58. The van der Waals surface area contributed by atoms with E-state index in [9.17, 15) is 4.79 Å². The van der Waals surface area contributed by atoms with E-state index in [-0.39, 0.29) is 5.91 Å². The molecular weight excluding hydrogens is 380 g/mol. The van der Waals surface area contributed by atoms with Crippen LogP contribution in [0.3, 0.4) is 0 Å². The summed E-state index contributed by atoms with van der Waals surface area (Å²) in [5.74, 6) is -0.143. The predicted octanol–water partition coefficient (Wildman–Crippen LogP) is 4.50. The number of aromatic nitrogens is 2. The van der Waals surface area contributed by atoms with Gasteiger partial charge in [-0.05, 0) is 17.7 Å². The molecule has 1 amide bonds. The fourth-order valence-corrected chi connectivity index (χ4v) is 4.78. The second-order valence-electron chi connectivity index (χ2n) is 7.16. The van der Waals surface area contributed by atoms with Crippen LogP contribution in [0.15, 0.2) is 66.9 Å². The van der Waals surface area contributed by atoms with Gasteiger partial charge in [-0.1, -0.05) is 48.5 Å². The quantitative estimate of drug-likeness (QED) is 0.548. The molecule has 144 valence electrons. The number of pyridine rings is 1. The molecule has 3 heterocycles. The molecule has 5 rings (SSSR count). The first-order chi connectivity index (χ1) is 14.3. The Bertz CT molecular complexity index is 1170. The van der Waals surface area contributed by atoms with Gasteiger partial charge in [-0.2, -0.15) is 0 Å². The third-order valence-electron chi connectivity index (χ3n) is 5.17. The Hall–Kier alpha value is -3.09. The van der Waals surface area contributed by atoms with Crippen molar-refractivity contribution in [2.45, 2.75) is 19.5 Å². The van der Waals surface area contributed by atoms with Crippen molar-refractivity contribution in [1.29, 1.82) is 0 Å². The normalized spacial score (nSPS) is 13.9. The highest BCUT2D eigenvalue weighted by Crippen LogP contribution is 2.29. The molecule has 29 heavy (non-hydrogen) atoms. The smallest absolute Gasteiger partial charge is 0.258 e. The molecule has 0 aliphatic carbocycles. The maximum Gasteiger partial charge on any atom is 0.258 e. The van der Waals surface area contributed by atoms with Crippen molar-refractivity contribution in [3.8, 4) is 0 Å². The summed E-state index contributed by atoms with van der Waals surface area (Å²) >= 11 is 1.58. The molecule has 2 aromatic heterocycles. The van der Waals surface area contributed by atoms with Gasteiger partial charge in [0.15, 0.2) is 5.13 Å². The Morgan fingerprint density at radius 1 is 1.07 bits per heavy atom. The number of hydrogen-bond donors (Lipinski definition) is 1. The molecule has 0 spiro atoms. The molecule has 4 aromatic rings. The Labute approximate surface area is 173 Å². The van der Waals surface area contributed by atoms with Crippen LogP contribution in [0, 0.1) is 0 Å². The molecule has 0 fully saturated rings. The third-order valence-corrected chi connectivity index (χ3v) is 6.17. The van der Waals surface area contributed by atoms with Crippen LogP contribution < -0.4 is 5.32 Å². The SMILES string of the molecule is O=C(Nc1nc2c(s1)CN(Cc1ccccc1)CC2)c1ccnc2ccccc12. The summed E-state index contributed by atoms with van der Waals surface area (Å²) in [5, 5.41) is 4.51. The number of carbonyl (C=O) groups is 1. The molecular formula is C23H20N4OS. The van der Waals surface area contributed by atoms with Crippen LogP contribution >= 0.6 is 11.3 Å². The number of anilines is 1. The summed E-state index contributed by atoms with van der Waals surface area (Å²) < 4.78 is 0. The Morgan fingerprint density at radius 2 is 1.90 bits per heavy atom. The lowest BCUT2D eigenvalue weighted by Crippen LogP contribution is -2.29. The standard InChI is InChI=1S/C23H20N4OS/c28-22(18-10-12-24-19-9-5-4-8-17(18)19)26-23-25-20-11-13-27(15-21(20)29-23)14-16-6-2-1-3-7-16/h1-10,12H,11,13-15H2,(H,25,26,28). The Kier molecular flexibility index (Phi) is 4.79. The average molecular weight is 401 g/mol. The van der Waals surface area contributed by atoms with Crippen LogP contribution in [0.4, 0.5) is 5.13 Å². The number of hydrogen-bond acceptors (Lipinski definition) is 5. The van der Waals surface area contributed by atoms with Crippen molar-refractivity contribution >= 4 is 33.3 Å². The van der Waals surface area contributed by atoms with E-state index < -0.39 is 0 Å². The lowest BCUT2D eigenvalue weighted by molar-refractivity contribution is 0.102. The van der Waals surface area contributed by atoms with Crippen molar-refractivity contribution in [1.82, 2.24) is 14.9 Å². The topological polar surface area (TPSA) is 58.1 Å². The lowest BCUT2D eigenvalue weighted by Gasteiger charge is -2.25. The highest BCUT2D eigenvalue weighted by molar-refractivity contribution is 7.15. The fourth-order valence-electron chi connectivity index (χ4n) is 3.74. The van der Waals surface area contributed by atoms with Crippen molar-refractivity contribution < 1.29 is 4.79 Å². The number of para-hydroxylation sites is 1. The second kappa shape index (κ2) is 7.73. The summed E-state index contributed by atoms with van der Waals surface area (Å²) in [6, 6.07) is 20.0. The van der Waals surface area contributed by atoms with Gasteiger partial charge in [-0.25, -0.2) is 4.98 Å². The zero-order valence-electron chi connectivity index (χ0n) is 15.8. The number of carbonyl (C=O) groups excluding carboxylic acids is 1. The Morgan fingerprint density at radius 3 is 2.79 bits per heavy atom. The molecule has 1 N–H and O–H groups in total. The van der Waals surface area contributed by atoms with Gasteiger partial charge in [0.2, 0.25) is 0 Å². The number of nitrogens with one attached hydrogen (secondary N) is 1. The minimum Gasteiger partial charge on any atom is -0.298 e. The molecule has 0 radical (unpaired) electrons. The average Bonchev–Trinajstić information content (AvgIpc) is 3.15. The summed E-state index contributed by atoms with van der Waals surface area (Å²) in [6.45, 7) is 2.78. The largest absolute Gasteiger partial charge is 0.298 e. The van der Waals surface area contributed by atoms with Crippen molar-refractivity contribution in [3.63, 3.8) is 0 Å². The summed E-state index contributed by atoms with van der Waals surface area (Å²) in [7, 11) is 0. The lowest BCUT2D eigenvalue weighted by atomic mass is 10.1. The van der Waals surface area contributed by atoms with Crippen LogP contribution in [0.1, 0.15) is 26.5 Å². The van der Waals surface area contributed by atoms with Gasteiger partial charge in [0.1, 0.15) is 0 Å². The van der Waals surface area contributed by atoms with Gasteiger partial charge < -0.3 is 0 Å². The predicted molar refractivity (Wildman–Crippen MR) is 116 cm³/mol. The van der Waals surface area contributed by atoms with Crippen LogP contribution in [-0.4, -0.2) is 27.3 Å². The van der Waals surface area contributed by atoms with E-state index >= 15 is 0 Å². The maximum absolute atomic E-state index is 12.9. The summed E-state index contributed by atoms with van der Waals surface area (Å²) in [4.78, 5) is 25.5. The maximum atomic E-state index is 12.9. The first-order valence-electron chi connectivity index (χ1n) is 9.66. The molecule has 0 atom stereocenters. The van der Waals surface area contributed by atoms with Crippen LogP contribution in [-0.2, 0) is 19.5 Å². The van der Waals surface area contributed by atoms with E-state index in [1.807, 2.05) is 30.3 Å².